The number of aromatic amines is 1. The number of esters is 3. The summed E-state index contributed by atoms with van der Waals surface area (Å²) >= 11 is 5.77. The van der Waals surface area contributed by atoms with E-state index < -0.39 is 115 Å². The molecule has 0 aliphatic carbocycles. The number of alkyl halides is 6. The lowest BCUT2D eigenvalue weighted by Crippen LogP contribution is -3.00. The molecule has 21 nitrogen and oxygen atoms in total. The number of halogens is 11. The van der Waals surface area contributed by atoms with E-state index in [1.54, 1.807) is 73.7 Å². The van der Waals surface area contributed by atoms with E-state index in [0.717, 1.165) is 86.4 Å². The van der Waals surface area contributed by atoms with Crippen molar-refractivity contribution in [2.75, 3.05) is 33.0 Å². The quantitative estimate of drug-likeness (QED) is 0.0179. The number of carbonyl (C=O) groups excluding carboxylic acids is 3. The Morgan fingerprint density at radius 2 is 0.934 bits per heavy atom. The van der Waals surface area contributed by atoms with Crippen molar-refractivity contribution in [2.24, 2.45) is 0 Å². The van der Waals surface area contributed by atoms with E-state index in [-0.39, 0.29) is 92.4 Å². The number of rotatable bonds is 20. The number of ether oxygens (including phenoxy) is 8. The van der Waals surface area contributed by atoms with Crippen molar-refractivity contribution in [3.05, 3.63) is 195 Å². The molecule has 3 atom stereocenters. The van der Waals surface area contributed by atoms with Crippen molar-refractivity contribution >= 4 is 128 Å². The van der Waals surface area contributed by atoms with Crippen molar-refractivity contribution in [2.45, 2.75) is 177 Å². The van der Waals surface area contributed by atoms with Gasteiger partial charge in [0.25, 0.3) is 0 Å². The number of hydrogen-bond acceptors (Lipinski definition) is 20. The van der Waals surface area contributed by atoms with Gasteiger partial charge in [-0.15, -0.1) is 0 Å². The lowest BCUT2D eigenvalue weighted by molar-refractivity contribution is -0.344. The van der Waals surface area contributed by atoms with Gasteiger partial charge in [-0.25, -0.2) is 32.5 Å². The fourth-order valence-corrected chi connectivity index (χ4v) is 14.9. The van der Waals surface area contributed by atoms with Gasteiger partial charge in [0.05, 0.1) is 71.2 Å². The summed E-state index contributed by atoms with van der Waals surface area (Å²) in [5.74, 6) is -4.95. The van der Waals surface area contributed by atoms with Crippen LogP contribution < -0.4 is 40.7 Å². The number of fused-ring (bicyclic) bond motifs is 3. The molecule has 3 N–H and O–H groups in total. The van der Waals surface area contributed by atoms with Gasteiger partial charge in [-0.3, -0.25) is 4.98 Å². The molecule has 2 aliphatic heterocycles. The molecule has 4 heterocycles. The van der Waals surface area contributed by atoms with Crippen LogP contribution in [-0.2, 0) is 75.9 Å². The predicted octanol–water partition coefficient (Wildman–Crippen LogP) is 15.7. The highest BCUT2D eigenvalue weighted by atomic mass is 35.5. The summed E-state index contributed by atoms with van der Waals surface area (Å²) in [7, 11) is -13.8. The first-order valence-electron chi connectivity index (χ1n) is 38.0. The van der Waals surface area contributed by atoms with E-state index in [4.69, 9.17) is 54.5 Å². The summed E-state index contributed by atoms with van der Waals surface area (Å²) < 4.78 is 225. The Morgan fingerprint density at radius 3 is 1.35 bits per heavy atom. The highest BCUT2D eigenvalue weighted by Gasteiger charge is 2.51. The van der Waals surface area contributed by atoms with Gasteiger partial charge in [0, 0.05) is 74.6 Å². The highest BCUT2D eigenvalue weighted by molar-refractivity contribution is 7.88. The number of carbonyl (C=O) groups is 3. The lowest BCUT2D eigenvalue weighted by atomic mass is 9.78. The van der Waals surface area contributed by atoms with Crippen LogP contribution in [0.15, 0.2) is 117 Å². The molecule has 122 heavy (non-hydrogen) atoms. The number of hydrogen-bond donors (Lipinski definition) is 2. The molecule has 0 radical (unpaired) electrons. The zero-order chi connectivity index (χ0) is 90.0. The first-order chi connectivity index (χ1) is 56.1. The van der Waals surface area contributed by atoms with Crippen LogP contribution in [0.3, 0.4) is 0 Å². The maximum atomic E-state index is 15.5. The maximum Gasteiger partial charge on any atom is 0.534 e. The smallest absolute Gasteiger partial charge is 0.534 e. The first-order valence-corrected chi connectivity index (χ1v) is 41.2. The summed E-state index contributed by atoms with van der Waals surface area (Å²) in [6.45, 7) is 37.0. The Balaban J connectivity index is 0.000000208. The molecule has 12 rings (SSSR count). The summed E-state index contributed by atoms with van der Waals surface area (Å²) in [6.07, 6.45) is 0.870. The third-order valence-corrected chi connectivity index (χ3v) is 20.8. The molecule has 8 aromatic carbocycles. The normalized spacial score (nSPS) is 13.6. The van der Waals surface area contributed by atoms with Gasteiger partial charge < -0.3 is 68.7 Å². The molecule has 0 amide bonds. The van der Waals surface area contributed by atoms with Crippen molar-refractivity contribution in [1.82, 2.24) is 4.98 Å². The highest BCUT2D eigenvalue weighted by Crippen LogP contribution is 2.49. The van der Waals surface area contributed by atoms with Crippen molar-refractivity contribution in [3.63, 3.8) is 0 Å². The largest absolute Gasteiger partial charge is 1.00 e. The molecule has 0 bridgehead atoms. The molecule has 2 aromatic heterocycles. The number of pyridine rings is 2. The monoisotopic (exact) mass is 1780 g/mol. The minimum Gasteiger partial charge on any atom is -1.00 e. The lowest BCUT2D eigenvalue weighted by Gasteiger charge is -2.30. The van der Waals surface area contributed by atoms with Gasteiger partial charge in [0.1, 0.15) is 29.0 Å². The number of benzene rings is 8. The zero-order valence-corrected chi connectivity index (χ0v) is 72.9. The minimum absolute atomic E-state index is 0. The van der Waals surface area contributed by atoms with E-state index in [2.05, 4.69) is 26.5 Å². The molecule has 35 heteroatoms. The van der Waals surface area contributed by atoms with E-state index in [9.17, 15) is 76.4 Å². The number of aromatic nitrogens is 2. The molecule has 2 aliphatic rings. The number of nitrogens with one attached hydrogen (secondary N) is 1. The second-order valence-electron chi connectivity index (χ2n) is 31.3. The molecular weight excluding hydrogens is 1690 g/mol. The SMILES string of the molecule is C=C(C)c1cc2cc(C)c([C@H](OC(C)(C)C)C(=O)OCC)c(-c3ccc4c5c(ccnc35)CCO4)c2cc1F.C=C(C)c1cc2cc(C)c([C@H](OC(C)(C)C)C(=O)OCC)c(OS(=O)(=O)C(F)(F)F)c2cc1F.CCOC(=O)[C@@H](OC(C)(C)C)c1c(C)cc2cc(Cl)c(F)cc2c1OS(=O)(=O)C(F)(F)F.OB(O)c1ccc2c3c(cc[nH+]c13)CCO2.[Cl-]. The van der Waals surface area contributed by atoms with Crippen molar-refractivity contribution < 1.29 is 144 Å². The number of H-pyrrole nitrogens is 1. The van der Waals surface area contributed by atoms with Crippen LogP contribution in [0.5, 0.6) is 23.0 Å². The van der Waals surface area contributed by atoms with Crippen LogP contribution >= 0.6 is 11.6 Å². The van der Waals surface area contributed by atoms with Crippen LogP contribution in [0.1, 0.15) is 171 Å². The Labute approximate surface area is 711 Å². The molecule has 0 saturated carbocycles. The number of aryl methyl sites for hydroxylation is 3. The fourth-order valence-electron chi connectivity index (χ4n) is 13.8. The third kappa shape index (κ3) is 22.0. The average molecular weight is 1790 g/mol. The van der Waals surface area contributed by atoms with Crippen LogP contribution in [0.25, 0.3) is 76.4 Å². The Kier molecular flexibility index (Phi) is 30.5. The van der Waals surface area contributed by atoms with Crippen molar-refractivity contribution in [3.8, 4) is 34.1 Å². The zero-order valence-electron chi connectivity index (χ0n) is 69.7. The fraction of sp³-hybridized carbons (Fsp3) is 0.368. The summed E-state index contributed by atoms with van der Waals surface area (Å²) in [6, 6.07) is 23.5. The minimum atomic E-state index is -6.18. The Morgan fingerprint density at radius 1 is 0.549 bits per heavy atom. The predicted molar refractivity (Wildman–Crippen MR) is 442 cm³/mol. The van der Waals surface area contributed by atoms with Crippen LogP contribution in [0.2, 0.25) is 5.02 Å². The van der Waals surface area contributed by atoms with E-state index in [0.29, 0.717) is 51.9 Å². The second-order valence-corrected chi connectivity index (χ2v) is 34.8. The van der Waals surface area contributed by atoms with Gasteiger partial charge >= 0.3 is 56.3 Å². The molecule has 0 unspecified atom stereocenters. The Bertz CT molecular complexity index is 5950. The summed E-state index contributed by atoms with van der Waals surface area (Å²) in [5.41, 5.74) is -5.87. The maximum absolute atomic E-state index is 15.5. The van der Waals surface area contributed by atoms with Crippen molar-refractivity contribution in [1.29, 1.82) is 0 Å². The third-order valence-electron chi connectivity index (χ3n) is 18.6. The molecular formula is C87H92BCl2F9N2O19S2. The van der Waals surface area contributed by atoms with E-state index in [1.807, 2.05) is 70.3 Å². The second kappa shape index (κ2) is 38.1. The molecule has 10 aromatic rings. The Hall–Kier alpha value is -9.84. The average Bonchev–Trinajstić information content (AvgIpc) is 0.736. The van der Waals surface area contributed by atoms with Gasteiger partial charge in [0.2, 0.25) is 5.52 Å². The van der Waals surface area contributed by atoms with Crippen LogP contribution in [0.4, 0.5) is 39.5 Å². The summed E-state index contributed by atoms with van der Waals surface area (Å²) in [5, 5.41) is 21.2. The molecule has 0 saturated heterocycles. The van der Waals surface area contributed by atoms with E-state index >= 15 is 4.39 Å². The molecule has 0 fully saturated rings. The number of nitrogens with zero attached hydrogens (tertiary/aromatic N) is 1. The molecule has 0 spiro atoms. The van der Waals surface area contributed by atoms with Gasteiger partial charge in [0.15, 0.2) is 36.0 Å². The summed E-state index contributed by atoms with van der Waals surface area (Å²) in [4.78, 5) is 46.7. The van der Waals surface area contributed by atoms with E-state index in [1.165, 1.54) is 64.4 Å². The van der Waals surface area contributed by atoms with Crippen LogP contribution in [0, 0.1) is 38.2 Å². The van der Waals surface area contributed by atoms with Gasteiger partial charge in [-0.2, -0.15) is 43.2 Å². The molecule has 656 valence electrons. The van der Waals surface area contributed by atoms with Gasteiger partial charge in [-0.1, -0.05) is 49.0 Å². The van der Waals surface area contributed by atoms with Gasteiger partial charge in [-0.05, 0) is 244 Å². The van der Waals surface area contributed by atoms with Crippen LogP contribution in [-0.4, -0.2) is 118 Å². The number of allylic oxidation sites excluding steroid dienone is 2. The standard InChI is InChI=1S/C33H34FNO4.C23H26F4O6S.C20H21ClF4O6S.C11H10BNO3.ClH/c1-8-37-32(36)31(39-33(5,6)7)27-19(4)15-21-16-23(18(2)3)25(34)17-24(21)29(27)22-9-10-26-28-20(12-14-38-26)11-13-35-30(22)28;1-8-31-21(28)20(32-22(5,6)7)18-13(4)9-14-10-15(12(2)3)17(24)11-16(14)19(18)33-34(29,30)23(25,26)27;1-6-29-18(26)17(30-19(3,4)5)15-10(2)7-11-8-13(21)14(22)9-12(11)16(15)31-32(27,28)20(23,24)25;14-12(15)8-1-2-9-10-7(4-6-16-9)3-5-13-11(8)10;/h9-11,13,15-17,31H,2,8,12,14H2,1,3-7H3;9-11,20H,2,8H2,1,3-7H3;7-9,17H,6H2,1-5H3;1-3,5,14-15H,4,6H2;1H/t31-;20-;17-;;/m000../s1. The first kappa shape index (κ1) is 97.6. The topological polar surface area (TPSA) is 279 Å².